The van der Waals surface area contributed by atoms with Crippen LogP contribution in [0.3, 0.4) is 0 Å². The van der Waals surface area contributed by atoms with Gasteiger partial charge in [0.25, 0.3) is 0 Å². The second-order valence-corrected chi connectivity index (χ2v) is 12.4. The van der Waals surface area contributed by atoms with Crippen molar-refractivity contribution >= 4 is 11.9 Å². The maximum absolute atomic E-state index is 12.6. The summed E-state index contributed by atoms with van der Waals surface area (Å²) in [6, 6.07) is 0. The van der Waals surface area contributed by atoms with Gasteiger partial charge in [-0.25, -0.2) is 0 Å². The van der Waals surface area contributed by atoms with Crippen molar-refractivity contribution in [3.63, 3.8) is 0 Å². The molecule has 44 heavy (non-hydrogen) atoms. The van der Waals surface area contributed by atoms with Gasteiger partial charge >= 0.3 is 11.9 Å². The molecule has 0 rings (SSSR count). The second kappa shape index (κ2) is 35.4. The maximum atomic E-state index is 12.6. The maximum Gasteiger partial charge on any atom is 0.306 e. The Labute approximate surface area is 272 Å². The fourth-order valence-electron chi connectivity index (χ4n) is 5.29. The number of carboxylic acids is 1. The van der Waals surface area contributed by atoms with E-state index in [-0.39, 0.29) is 18.5 Å². The fraction of sp³-hybridized carbons (Fsp3) is 0.750. The molecular formula is C40H70O4. The highest BCUT2D eigenvalue weighted by Crippen LogP contribution is 2.18. The average molecular weight is 615 g/mol. The van der Waals surface area contributed by atoms with Crippen LogP contribution in [0.4, 0.5) is 0 Å². The number of esters is 1. The molecule has 4 nitrogen and oxygen atoms in total. The number of hydrogen-bond donors (Lipinski definition) is 1. The number of ether oxygens (including phenoxy) is 1. The number of carboxylic acid groups (broad SMARTS) is 1. The fourth-order valence-corrected chi connectivity index (χ4v) is 5.29. The van der Waals surface area contributed by atoms with Gasteiger partial charge in [0, 0.05) is 12.8 Å². The minimum atomic E-state index is -0.693. The van der Waals surface area contributed by atoms with Crippen LogP contribution in [0.25, 0.3) is 0 Å². The first-order valence-electron chi connectivity index (χ1n) is 18.6. The van der Waals surface area contributed by atoms with Crippen LogP contribution in [0.1, 0.15) is 187 Å². The molecule has 0 fully saturated rings. The first-order chi connectivity index (χ1) is 21.6. The van der Waals surface area contributed by atoms with E-state index in [0.29, 0.717) is 6.42 Å². The molecule has 1 unspecified atom stereocenters. The van der Waals surface area contributed by atoms with Crippen molar-refractivity contribution in [2.75, 3.05) is 0 Å². The molecule has 0 amide bonds. The zero-order valence-electron chi connectivity index (χ0n) is 29.0. The molecule has 4 heteroatoms. The molecule has 0 saturated carbocycles. The van der Waals surface area contributed by atoms with E-state index in [1.165, 1.54) is 77.0 Å². The van der Waals surface area contributed by atoms with Crippen LogP contribution >= 0.6 is 0 Å². The van der Waals surface area contributed by atoms with E-state index < -0.39 is 5.97 Å². The second-order valence-electron chi connectivity index (χ2n) is 12.4. The standard InChI is InChI=1S/C40H70O4/c1-3-5-7-9-11-12-13-14-15-16-17-18-19-20-25-29-33-37-40(43)44-38(34-30-26-22-10-8-6-4-2)35-31-27-23-21-24-28-32-36-39(41)42/h11-12,14-15,17-18,20,25,38H,3-10,13,16,19,21-24,26-37H2,1-2H3,(H,41,42)/b12-11-,15-14-,18-17-,25-20-. The highest BCUT2D eigenvalue weighted by atomic mass is 16.5. The first-order valence-corrected chi connectivity index (χ1v) is 18.6. The Hall–Kier alpha value is -2.10. The molecule has 0 aromatic heterocycles. The predicted molar refractivity (Wildman–Crippen MR) is 190 cm³/mol. The van der Waals surface area contributed by atoms with Crippen molar-refractivity contribution in [2.24, 2.45) is 0 Å². The predicted octanol–water partition coefficient (Wildman–Crippen LogP) is 12.8. The number of hydrogen-bond acceptors (Lipinski definition) is 3. The van der Waals surface area contributed by atoms with Crippen LogP contribution in [-0.2, 0) is 14.3 Å². The van der Waals surface area contributed by atoms with Gasteiger partial charge in [-0.3, -0.25) is 9.59 Å². The van der Waals surface area contributed by atoms with Crippen molar-refractivity contribution < 1.29 is 19.4 Å². The summed E-state index contributed by atoms with van der Waals surface area (Å²) in [5.74, 6) is -0.728. The van der Waals surface area contributed by atoms with E-state index in [2.05, 4.69) is 62.5 Å². The highest BCUT2D eigenvalue weighted by Gasteiger charge is 2.14. The summed E-state index contributed by atoms with van der Waals surface area (Å²) in [4.78, 5) is 23.2. The molecular weight excluding hydrogens is 544 g/mol. The van der Waals surface area contributed by atoms with Crippen LogP contribution < -0.4 is 0 Å². The van der Waals surface area contributed by atoms with E-state index in [1.807, 2.05) is 0 Å². The number of allylic oxidation sites excluding steroid dienone is 8. The summed E-state index contributed by atoms with van der Waals surface area (Å²) >= 11 is 0. The lowest BCUT2D eigenvalue weighted by Gasteiger charge is -2.18. The third kappa shape index (κ3) is 34.4. The molecule has 1 atom stereocenters. The lowest BCUT2D eigenvalue weighted by molar-refractivity contribution is -0.150. The summed E-state index contributed by atoms with van der Waals surface area (Å²) in [6.45, 7) is 4.50. The minimum absolute atomic E-state index is 0.0349. The summed E-state index contributed by atoms with van der Waals surface area (Å²) in [7, 11) is 0. The van der Waals surface area contributed by atoms with Gasteiger partial charge in [-0.15, -0.1) is 0 Å². The van der Waals surface area contributed by atoms with Crippen molar-refractivity contribution in [2.45, 2.75) is 193 Å². The third-order valence-electron chi connectivity index (χ3n) is 8.05. The van der Waals surface area contributed by atoms with Gasteiger partial charge in [0.1, 0.15) is 6.10 Å². The molecule has 0 heterocycles. The van der Waals surface area contributed by atoms with Crippen LogP contribution in [0.2, 0.25) is 0 Å². The average Bonchev–Trinajstić information content (AvgIpc) is 3.00. The Morgan fingerprint density at radius 3 is 1.41 bits per heavy atom. The Morgan fingerprint density at radius 2 is 0.909 bits per heavy atom. The van der Waals surface area contributed by atoms with Crippen LogP contribution in [0.5, 0.6) is 0 Å². The topological polar surface area (TPSA) is 63.6 Å². The SMILES string of the molecule is CCCCC/C=C\C/C=C\C/C=C\C/C=C\CCCC(=O)OC(CCCCCCCCC)CCCCCCCCCC(=O)O. The third-order valence-corrected chi connectivity index (χ3v) is 8.05. The van der Waals surface area contributed by atoms with Crippen LogP contribution in [0.15, 0.2) is 48.6 Å². The largest absolute Gasteiger partial charge is 0.481 e. The Balaban J connectivity index is 4.11. The number of carbonyl (C=O) groups is 2. The van der Waals surface area contributed by atoms with Crippen molar-refractivity contribution in [1.82, 2.24) is 0 Å². The molecule has 0 aliphatic rings. The van der Waals surface area contributed by atoms with E-state index >= 15 is 0 Å². The van der Waals surface area contributed by atoms with E-state index in [1.54, 1.807) is 0 Å². The lowest BCUT2D eigenvalue weighted by Crippen LogP contribution is -2.18. The number of unbranched alkanes of at least 4 members (excludes halogenated alkanes) is 16. The Bertz CT molecular complexity index is 748. The number of carbonyl (C=O) groups excluding carboxylic acids is 1. The molecule has 0 spiro atoms. The van der Waals surface area contributed by atoms with Gasteiger partial charge in [0.2, 0.25) is 0 Å². The van der Waals surface area contributed by atoms with Crippen LogP contribution in [0, 0.1) is 0 Å². The smallest absolute Gasteiger partial charge is 0.306 e. The zero-order chi connectivity index (χ0) is 32.2. The number of aliphatic carboxylic acids is 1. The van der Waals surface area contributed by atoms with Crippen molar-refractivity contribution in [1.29, 1.82) is 0 Å². The molecule has 0 bridgehead atoms. The van der Waals surface area contributed by atoms with Gasteiger partial charge in [0.05, 0.1) is 0 Å². The quantitative estimate of drug-likeness (QED) is 0.0454. The number of rotatable bonds is 33. The van der Waals surface area contributed by atoms with E-state index in [9.17, 15) is 9.59 Å². The Morgan fingerprint density at radius 1 is 0.500 bits per heavy atom. The highest BCUT2D eigenvalue weighted by molar-refractivity contribution is 5.69. The summed E-state index contributed by atoms with van der Waals surface area (Å²) in [5, 5.41) is 8.74. The minimum Gasteiger partial charge on any atom is -0.481 e. The molecule has 0 saturated heterocycles. The normalized spacial score (nSPS) is 12.8. The molecule has 0 aromatic rings. The Kier molecular flexibility index (Phi) is 33.7. The molecule has 254 valence electrons. The molecule has 0 radical (unpaired) electrons. The zero-order valence-corrected chi connectivity index (χ0v) is 29.0. The van der Waals surface area contributed by atoms with E-state index in [0.717, 1.165) is 83.5 Å². The lowest BCUT2D eigenvalue weighted by atomic mass is 10.0. The summed E-state index contributed by atoms with van der Waals surface area (Å²) in [5.41, 5.74) is 0. The van der Waals surface area contributed by atoms with Gasteiger partial charge in [-0.05, 0) is 77.0 Å². The van der Waals surface area contributed by atoms with Gasteiger partial charge in [0.15, 0.2) is 0 Å². The molecule has 0 aliphatic heterocycles. The van der Waals surface area contributed by atoms with Gasteiger partial charge in [-0.1, -0.05) is 146 Å². The molecule has 1 N–H and O–H groups in total. The molecule has 0 aliphatic carbocycles. The molecule has 0 aromatic carbocycles. The van der Waals surface area contributed by atoms with E-state index in [4.69, 9.17) is 9.84 Å². The van der Waals surface area contributed by atoms with Crippen molar-refractivity contribution in [3.05, 3.63) is 48.6 Å². The van der Waals surface area contributed by atoms with Gasteiger partial charge in [-0.2, -0.15) is 0 Å². The van der Waals surface area contributed by atoms with Gasteiger partial charge < -0.3 is 9.84 Å². The first kappa shape index (κ1) is 41.9. The monoisotopic (exact) mass is 615 g/mol. The van der Waals surface area contributed by atoms with Crippen LogP contribution in [-0.4, -0.2) is 23.1 Å². The summed E-state index contributed by atoms with van der Waals surface area (Å²) in [6.07, 6.45) is 47.0. The van der Waals surface area contributed by atoms with Crippen molar-refractivity contribution in [3.8, 4) is 0 Å². The summed E-state index contributed by atoms with van der Waals surface area (Å²) < 4.78 is 5.97.